The highest BCUT2D eigenvalue weighted by Crippen LogP contribution is 2.21. The molecule has 2 aromatic carbocycles. The van der Waals surface area contributed by atoms with E-state index in [1.807, 2.05) is 6.07 Å². The van der Waals surface area contributed by atoms with Gasteiger partial charge in [-0.2, -0.15) is 9.78 Å². The van der Waals surface area contributed by atoms with Crippen LogP contribution in [0.5, 0.6) is 0 Å². The molecule has 0 radical (unpaired) electrons. The van der Waals surface area contributed by atoms with Gasteiger partial charge < -0.3 is 4.74 Å². The van der Waals surface area contributed by atoms with Crippen molar-refractivity contribution in [2.24, 2.45) is 0 Å². The normalized spacial score (nSPS) is 17.0. The van der Waals surface area contributed by atoms with Gasteiger partial charge in [0.15, 0.2) is 17.6 Å². The Bertz CT molecular complexity index is 1070. The molecule has 3 aromatic rings. The van der Waals surface area contributed by atoms with Gasteiger partial charge in [0.05, 0.1) is 11.1 Å². The predicted octanol–water partition coefficient (Wildman–Crippen LogP) is 3.05. The van der Waals surface area contributed by atoms with E-state index in [4.69, 9.17) is 4.74 Å². The van der Waals surface area contributed by atoms with E-state index in [9.17, 15) is 14.4 Å². The summed E-state index contributed by atoms with van der Waals surface area (Å²) in [6, 6.07) is 15.7. The second-order valence-electron chi connectivity index (χ2n) is 6.55. The van der Waals surface area contributed by atoms with E-state index in [1.54, 1.807) is 48.5 Å². The minimum absolute atomic E-state index is 0.0347. The van der Waals surface area contributed by atoms with Gasteiger partial charge in [-0.3, -0.25) is 9.59 Å². The molecule has 136 valence electrons. The van der Waals surface area contributed by atoms with E-state index in [0.717, 1.165) is 12.8 Å². The Kier molecular flexibility index (Phi) is 4.54. The van der Waals surface area contributed by atoms with Crippen molar-refractivity contribution >= 4 is 22.5 Å². The summed E-state index contributed by atoms with van der Waals surface area (Å²) in [4.78, 5) is 37.7. The van der Waals surface area contributed by atoms with E-state index in [2.05, 4.69) is 5.10 Å². The van der Waals surface area contributed by atoms with E-state index in [1.165, 1.54) is 4.68 Å². The molecule has 0 N–H and O–H groups in total. The van der Waals surface area contributed by atoms with Gasteiger partial charge in [-0.05, 0) is 37.5 Å². The van der Waals surface area contributed by atoms with Crippen LogP contribution in [0.4, 0.5) is 0 Å². The van der Waals surface area contributed by atoms with Crippen molar-refractivity contribution in [3.05, 3.63) is 70.6 Å². The highest BCUT2D eigenvalue weighted by atomic mass is 16.5. The third-order valence-electron chi connectivity index (χ3n) is 4.75. The van der Waals surface area contributed by atoms with Crippen LogP contribution in [0.15, 0.2) is 59.4 Å². The molecule has 0 amide bonds. The summed E-state index contributed by atoms with van der Waals surface area (Å²) < 4.78 is 6.66. The first-order valence-corrected chi connectivity index (χ1v) is 8.96. The van der Waals surface area contributed by atoms with Crippen LogP contribution < -0.4 is 5.56 Å². The fraction of sp³-hybridized carbons (Fsp3) is 0.238. The number of ether oxygens (including phenoxy) is 1. The summed E-state index contributed by atoms with van der Waals surface area (Å²) in [6.45, 7) is 0. The number of nitrogens with zero attached hydrogens (tertiary/aromatic N) is 2. The van der Waals surface area contributed by atoms with Gasteiger partial charge in [0, 0.05) is 11.8 Å². The summed E-state index contributed by atoms with van der Waals surface area (Å²) in [6.07, 6.45) is 1.90. The quantitative estimate of drug-likeness (QED) is 0.669. The first-order chi connectivity index (χ1) is 13.1. The van der Waals surface area contributed by atoms with Gasteiger partial charge in [-0.1, -0.05) is 36.4 Å². The molecule has 0 aliphatic heterocycles. The molecule has 0 bridgehead atoms. The van der Waals surface area contributed by atoms with Crippen LogP contribution in [-0.2, 0) is 9.53 Å². The van der Waals surface area contributed by atoms with E-state index < -0.39 is 12.1 Å². The van der Waals surface area contributed by atoms with Crippen LogP contribution in [0.2, 0.25) is 0 Å². The van der Waals surface area contributed by atoms with Crippen LogP contribution >= 0.6 is 0 Å². The average Bonchev–Trinajstić information content (AvgIpc) is 2.71. The molecule has 1 unspecified atom stereocenters. The van der Waals surface area contributed by atoms with Gasteiger partial charge >= 0.3 is 5.97 Å². The first-order valence-electron chi connectivity index (χ1n) is 8.96. The van der Waals surface area contributed by atoms with Crippen molar-refractivity contribution < 1.29 is 14.3 Å². The molecule has 6 heteroatoms. The minimum atomic E-state index is -0.732. The Morgan fingerprint density at radius 1 is 0.963 bits per heavy atom. The van der Waals surface area contributed by atoms with Crippen LogP contribution in [0.25, 0.3) is 16.5 Å². The number of carbonyl (C=O) groups excluding carboxylic acids is 2. The van der Waals surface area contributed by atoms with Crippen molar-refractivity contribution in [1.29, 1.82) is 0 Å². The van der Waals surface area contributed by atoms with E-state index in [0.29, 0.717) is 29.3 Å². The third kappa shape index (κ3) is 3.26. The zero-order valence-corrected chi connectivity index (χ0v) is 14.6. The topological polar surface area (TPSA) is 78.3 Å². The standard InChI is InChI=1S/C21H18N2O4/c24-17-12-6-7-13-18(17)27-21(26)19-15-10-4-5-11-16(15)20(25)23(22-19)14-8-2-1-3-9-14/h1-5,8-11,18H,6-7,12-13H2. The Morgan fingerprint density at radius 3 is 2.41 bits per heavy atom. The number of aromatic nitrogens is 2. The van der Waals surface area contributed by atoms with Gasteiger partial charge in [-0.25, -0.2) is 4.79 Å². The highest BCUT2D eigenvalue weighted by Gasteiger charge is 2.28. The molecule has 1 saturated carbocycles. The summed E-state index contributed by atoms with van der Waals surface area (Å²) in [5.41, 5.74) is 0.269. The van der Waals surface area contributed by atoms with Crippen LogP contribution in [0, 0.1) is 0 Å². The van der Waals surface area contributed by atoms with Crippen molar-refractivity contribution in [1.82, 2.24) is 9.78 Å². The largest absolute Gasteiger partial charge is 0.450 e. The maximum absolute atomic E-state index is 12.8. The summed E-state index contributed by atoms with van der Waals surface area (Å²) in [5, 5.41) is 5.07. The van der Waals surface area contributed by atoms with Crippen molar-refractivity contribution in [3.63, 3.8) is 0 Å². The zero-order valence-electron chi connectivity index (χ0n) is 14.6. The summed E-state index contributed by atoms with van der Waals surface area (Å²) in [7, 11) is 0. The summed E-state index contributed by atoms with van der Waals surface area (Å²) in [5.74, 6) is -0.744. The Balaban J connectivity index is 1.82. The Labute approximate surface area is 155 Å². The fourth-order valence-corrected chi connectivity index (χ4v) is 3.35. The monoisotopic (exact) mass is 362 g/mol. The van der Waals surface area contributed by atoms with Crippen LogP contribution in [-0.4, -0.2) is 27.6 Å². The maximum atomic E-state index is 12.8. The van der Waals surface area contributed by atoms with Crippen LogP contribution in [0.3, 0.4) is 0 Å². The number of ketones is 1. The number of rotatable bonds is 3. The predicted molar refractivity (Wildman–Crippen MR) is 100 cm³/mol. The molecule has 1 aliphatic rings. The molecule has 0 spiro atoms. The van der Waals surface area contributed by atoms with Crippen molar-refractivity contribution in [3.8, 4) is 5.69 Å². The number of hydrogen-bond donors (Lipinski definition) is 0. The molecular formula is C21H18N2O4. The van der Waals surface area contributed by atoms with Gasteiger partial charge in [0.2, 0.25) is 0 Å². The number of para-hydroxylation sites is 1. The smallest absolute Gasteiger partial charge is 0.360 e. The molecule has 4 rings (SSSR count). The number of carbonyl (C=O) groups is 2. The summed E-state index contributed by atoms with van der Waals surface area (Å²) >= 11 is 0. The first kappa shape index (κ1) is 17.1. The number of benzene rings is 2. The second kappa shape index (κ2) is 7.15. The molecule has 1 aromatic heterocycles. The maximum Gasteiger partial charge on any atom is 0.360 e. The van der Waals surface area contributed by atoms with E-state index >= 15 is 0 Å². The van der Waals surface area contributed by atoms with Crippen molar-refractivity contribution in [2.45, 2.75) is 31.8 Å². The number of hydrogen-bond acceptors (Lipinski definition) is 5. The molecule has 1 fully saturated rings. The second-order valence-corrected chi connectivity index (χ2v) is 6.55. The van der Waals surface area contributed by atoms with Gasteiger partial charge in [0.25, 0.3) is 5.56 Å². The van der Waals surface area contributed by atoms with E-state index in [-0.39, 0.29) is 17.0 Å². The number of Topliss-reactive ketones (excluding diaryl/α,β-unsaturated/α-hetero) is 1. The Hall–Kier alpha value is -3.28. The molecule has 27 heavy (non-hydrogen) atoms. The highest BCUT2D eigenvalue weighted by molar-refractivity contribution is 6.03. The van der Waals surface area contributed by atoms with Crippen LogP contribution in [0.1, 0.15) is 36.2 Å². The third-order valence-corrected chi connectivity index (χ3v) is 4.75. The lowest BCUT2D eigenvalue weighted by Gasteiger charge is -2.20. The lowest BCUT2D eigenvalue weighted by Crippen LogP contribution is -2.32. The average molecular weight is 362 g/mol. The van der Waals surface area contributed by atoms with Gasteiger partial charge in [0.1, 0.15) is 0 Å². The molecule has 6 nitrogen and oxygen atoms in total. The lowest BCUT2D eigenvalue weighted by atomic mass is 9.96. The zero-order chi connectivity index (χ0) is 18.8. The molecular weight excluding hydrogens is 344 g/mol. The number of fused-ring (bicyclic) bond motifs is 1. The SMILES string of the molecule is O=C(OC1CCCCC1=O)c1nn(-c2ccccc2)c(=O)c2ccccc12. The van der Waals surface area contributed by atoms with Gasteiger partial charge in [-0.15, -0.1) is 0 Å². The Morgan fingerprint density at radius 2 is 1.67 bits per heavy atom. The lowest BCUT2D eigenvalue weighted by molar-refractivity contribution is -0.129. The number of esters is 1. The minimum Gasteiger partial charge on any atom is -0.450 e. The fourth-order valence-electron chi connectivity index (χ4n) is 3.35. The molecule has 1 aliphatic carbocycles. The molecule has 1 heterocycles. The molecule has 0 saturated heterocycles. The molecule has 1 atom stereocenters. The van der Waals surface area contributed by atoms with Crippen molar-refractivity contribution in [2.75, 3.05) is 0 Å².